The smallest absolute Gasteiger partial charge is 0.309 e. The number of benzene rings is 1. The summed E-state index contributed by atoms with van der Waals surface area (Å²) in [5, 5.41) is 12.0. The topological polar surface area (TPSA) is 54.6 Å². The number of nitrogens with zero attached hydrogens (tertiary/aromatic N) is 2. The Hall–Kier alpha value is -2.18. The van der Waals surface area contributed by atoms with Crippen LogP contribution in [-0.4, -0.2) is 20.5 Å². The second-order valence-electron chi connectivity index (χ2n) is 4.72. The number of hydrogen-bond acceptors (Lipinski definition) is 4. The summed E-state index contributed by atoms with van der Waals surface area (Å²) < 4.78 is 3.10. The predicted molar refractivity (Wildman–Crippen MR) is 85.2 cm³/mol. The Balaban J connectivity index is 1.82. The van der Waals surface area contributed by atoms with Gasteiger partial charge < -0.3 is 5.11 Å². The van der Waals surface area contributed by atoms with E-state index in [-0.39, 0.29) is 6.42 Å². The van der Waals surface area contributed by atoms with Gasteiger partial charge in [-0.3, -0.25) is 9.20 Å². The van der Waals surface area contributed by atoms with Crippen LogP contribution >= 0.6 is 22.7 Å². The van der Waals surface area contributed by atoms with Gasteiger partial charge in [0.2, 0.25) is 0 Å². The van der Waals surface area contributed by atoms with Crippen LogP contribution in [0.5, 0.6) is 0 Å². The molecule has 4 rings (SSSR count). The van der Waals surface area contributed by atoms with E-state index in [1.165, 1.54) is 21.4 Å². The minimum absolute atomic E-state index is 0.0161. The van der Waals surface area contributed by atoms with Gasteiger partial charge in [-0.1, -0.05) is 18.2 Å². The Morgan fingerprint density at radius 1 is 1.33 bits per heavy atom. The van der Waals surface area contributed by atoms with Crippen molar-refractivity contribution in [3.8, 4) is 10.6 Å². The van der Waals surface area contributed by atoms with Crippen molar-refractivity contribution in [1.29, 1.82) is 0 Å². The van der Waals surface area contributed by atoms with Crippen molar-refractivity contribution in [3.05, 3.63) is 47.6 Å². The minimum atomic E-state index is -0.827. The highest BCUT2D eigenvalue weighted by molar-refractivity contribution is 7.22. The SMILES string of the molecule is O=C(O)Cc1csc2nc(-c3cc4ccccc4s3)cn12. The van der Waals surface area contributed by atoms with Crippen molar-refractivity contribution in [2.24, 2.45) is 0 Å². The van der Waals surface area contributed by atoms with Crippen molar-refractivity contribution in [2.75, 3.05) is 0 Å². The number of aromatic nitrogens is 2. The molecule has 1 aromatic carbocycles. The van der Waals surface area contributed by atoms with E-state index in [1.807, 2.05) is 28.1 Å². The van der Waals surface area contributed by atoms with Crippen LogP contribution < -0.4 is 0 Å². The number of thiazole rings is 1. The van der Waals surface area contributed by atoms with E-state index < -0.39 is 5.97 Å². The van der Waals surface area contributed by atoms with E-state index in [0.717, 1.165) is 21.2 Å². The van der Waals surface area contributed by atoms with Crippen LogP contribution in [0.1, 0.15) is 5.69 Å². The zero-order valence-corrected chi connectivity index (χ0v) is 12.4. The summed E-state index contributed by atoms with van der Waals surface area (Å²) in [6.45, 7) is 0. The Morgan fingerprint density at radius 2 is 2.19 bits per heavy atom. The van der Waals surface area contributed by atoms with E-state index in [0.29, 0.717) is 0 Å². The highest BCUT2D eigenvalue weighted by atomic mass is 32.1. The van der Waals surface area contributed by atoms with Gasteiger partial charge in [0, 0.05) is 22.0 Å². The van der Waals surface area contributed by atoms with Crippen molar-refractivity contribution in [3.63, 3.8) is 0 Å². The van der Waals surface area contributed by atoms with Gasteiger partial charge in [-0.15, -0.1) is 22.7 Å². The van der Waals surface area contributed by atoms with E-state index in [9.17, 15) is 4.79 Å². The van der Waals surface area contributed by atoms with Crippen LogP contribution in [0.25, 0.3) is 25.6 Å². The molecule has 0 aliphatic heterocycles. The van der Waals surface area contributed by atoms with Gasteiger partial charge in [-0.2, -0.15) is 0 Å². The quantitative estimate of drug-likeness (QED) is 0.624. The summed E-state index contributed by atoms with van der Waals surface area (Å²) in [7, 11) is 0. The molecule has 0 aliphatic rings. The number of thiophene rings is 1. The zero-order valence-electron chi connectivity index (χ0n) is 10.8. The number of rotatable bonds is 3. The van der Waals surface area contributed by atoms with Crippen LogP contribution in [-0.2, 0) is 11.2 Å². The molecule has 0 aliphatic carbocycles. The Morgan fingerprint density at radius 3 is 3.00 bits per heavy atom. The standard InChI is InChI=1S/C15H10N2O2S2/c18-14(19)6-10-8-20-15-16-11(7-17(10)15)13-5-9-3-1-2-4-12(9)21-13/h1-5,7-8H,6H2,(H,18,19). The van der Waals surface area contributed by atoms with Crippen molar-refractivity contribution < 1.29 is 9.90 Å². The molecule has 0 bridgehead atoms. The lowest BCUT2D eigenvalue weighted by Gasteiger charge is -1.93. The van der Waals surface area contributed by atoms with Gasteiger partial charge in [0.15, 0.2) is 4.96 Å². The number of hydrogen-bond donors (Lipinski definition) is 1. The molecule has 0 unspecified atom stereocenters. The van der Waals surface area contributed by atoms with Gasteiger partial charge in [0.1, 0.15) is 5.69 Å². The molecule has 6 heteroatoms. The summed E-state index contributed by atoms with van der Waals surface area (Å²) in [6.07, 6.45) is 1.94. The second-order valence-corrected chi connectivity index (χ2v) is 6.65. The molecule has 4 nitrogen and oxygen atoms in total. The molecule has 0 amide bonds. The maximum absolute atomic E-state index is 10.9. The number of carbonyl (C=O) groups is 1. The summed E-state index contributed by atoms with van der Waals surface area (Å²) in [6, 6.07) is 10.4. The molecule has 0 saturated heterocycles. The van der Waals surface area contributed by atoms with Gasteiger partial charge in [0.05, 0.1) is 11.3 Å². The molecular formula is C15H10N2O2S2. The van der Waals surface area contributed by atoms with E-state index in [1.54, 1.807) is 11.3 Å². The van der Waals surface area contributed by atoms with Gasteiger partial charge in [-0.25, -0.2) is 4.98 Å². The molecule has 3 aromatic heterocycles. The molecule has 104 valence electrons. The molecule has 1 N–H and O–H groups in total. The number of fused-ring (bicyclic) bond motifs is 2. The third kappa shape index (κ3) is 2.12. The number of carboxylic acids is 1. The lowest BCUT2D eigenvalue weighted by molar-refractivity contribution is -0.136. The third-order valence-corrected chi connectivity index (χ3v) is 5.32. The van der Waals surface area contributed by atoms with Crippen molar-refractivity contribution in [2.45, 2.75) is 6.42 Å². The fourth-order valence-corrected chi connectivity index (χ4v) is 4.23. The lowest BCUT2D eigenvalue weighted by atomic mass is 10.2. The molecule has 21 heavy (non-hydrogen) atoms. The minimum Gasteiger partial charge on any atom is -0.481 e. The molecule has 3 heterocycles. The molecule has 4 aromatic rings. The van der Waals surface area contributed by atoms with Gasteiger partial charge >= 0.3 is 5.97 Å². The monoisotopic (exact) mass is 314 g/mol. The normalized spacial score (nSPS) is 11.4. The summed E-state index contributed by atoms with van der Waals surface area (Å²) in [5.74, 6) is -0.827. The molecule has 0 saturated carbocycles. The van der Waals surface area contributed by atoms with Crippen LogP contribution in [0.2, 0.25) is 0 Å². The average molecular weight is 314 g/mol. The van der Waals surface area contributed by atoms with Crippen LogP contribution in [0.15, 0.2) is 41.9 Å². The average Bonchev–Trinajstić information content (AvgIpc) is 3.12. The van der Waals surface area contributed by atoms with E-state index >= 15 is 0 Å². The van der Waals surface area contributed by atoms with Crippen LogP contribution in [0, 0.1) is 0 Å². The summed E-state index contributed by atoms with van der Waals surface area (Å²) in [4.78, 5) is 17.4. The lowest BCUT2D eigenvalue weighted by Crippen LogP contribution is -2.01. The first-order chi connectivity index (χ1) is 10.2. The zero-order chi connectivity index (χ0) is 14.4. The number of aliphatic carboxylic acids is 1. The molecule has 0 fully saturated rings. The molecule has 0 radical (unpaired) electrons. The largest absolute Gasteiger partial charge is 0.481 e. The second kappa shape index (κ2) is 4.68. The van der Waals surface area contributed by atoms with E-state index in [2.05, 4.69) is 23.2 Å². The third-order valence-electron chi connectivity index (χ3n) is 3.29. The Bertz CT molecular complexity index is 931. The van der Waals surface area contributed by atoms with Gasteiger partial charge in [-0.05, 0) is 17.5 Å². The first-order valence-corrected chi connectivity index (χ1v) is 8.06. The van der Waals surface area contributed by atoms with Gasteiger partial charge in [0.25, 0.3) is 0 Å². The first-order valence-electron chi connectivity index (χ1n) is 6.37. The highest BCUT2D eigenvalue weighted by Gasteiger charge is 2.13. The maximum Gasteiger partial charge on any atom is 0.309 e. The van der Waals surface area contributed by atoms with Crippen LogP contribution in [0.4, 0.5) is 0 Å². The fourth-order valence-electron chi connectivity index (χ4n) is 2.34. The van der Waals surface area contributed by atoms with E-state index in [4.69, 9.17) is 5.11 Å². The molecule has 0 spiro atoms. The molecule has 0 atom stereocenters. The van der Waals surface area contributed by atoms with Crippen LogP contribution in [0.3, 0.4) is 0 Å². The highest BCUT2D eigenvalue weighted by Crippen LogP contribution is 2.33. The summed E-state index contributed by atoms with van der Waals surface area (Å²) >= 11 is 3.17. The maximum atomic E-state index is 10.9. The Kier molecular flexibility index (Phi) is 2.80. The number of carboxylic acid groups (broad SMARTS) is 1. The van der Waals surface area contributed by atoms with Crippen molar-refractivity contribution in [1.82, 2.24) is 9.38 Å². The first kappa shape index (κ1) is 12.6. The Labute approximate surface area is 127 Å². The molecular weight excluding hydrogens is 304 g/mol. The summed E-state index contributed by atoms with van der Waals surface area (Å²) in [5.41, 5.74) is 1.66. The fraction of sp³-hybridized carbons (Fsp3) is 0.0667. The number of imidazole rings is 1. The van der Waals surface area contributed by atoms with Crippen molar-refractivity contribution >= 4 is 43.7 Å². The predicted octanol–water partition coefficient (Wildman–Crippen LogP) is 3.90.